The fourth-order valence-electron chi connectivity index (χ4n) is 4.02. The number of aromatic nitrogens is 1. The maximum absolute atomic E-state index is 6.50. The van der Waals surface area contributed by atoms with Crippen LogP contribution in [0.4, 0.5) is 0 Å². The van der Waals surface area contributed by atoms with E-state index in [0.29, 0.717) is 23.9 Å². The van der Waals surface area contributed by atoms with Gasteiger partial charge in [0.25, 0.3) is 0 Å². The molecule has 2 atom stereocenters. The van der Waals surface area contributed by atoms with Crippen LogP contribution in [0.1, 0.15) is 49.6 Å². The van der Waals surface area contributed by atoms with Gasteiger partial charge >= 0.3 is 0 Å². The van der Waals surface area contributed by atoms with Crippen molar-refractivity contribution in [2.45, 2.75) is 51.4 Å². The number of pyridine rings is 1. The van der Waals surface area contributed by atoms with Crippen molar-refractivity contribution < 1.29 is 4.74 Å². The van der Waals surface area contributed by atoms with E-state index in [0.717, 1.165) is 35.7 Å². The summed E-state index contributed by atoms with van der Waals surface area (Å²) in [5.74, 6) is 8.54. The van der Waals surface area contributed by atoms with Gasteiger partial charge in [0.15, 0.2) is 0 Å². The van der Waals surface area contributed by atoms with E-state index in [1.165, 1.54) is 18.4 Å². The molecule has 1 unspecified atom stereocenters. The average molecular weight is 471 g/mol. The van der Waals surface area contributed by atoms with E-state index in [4.69, 9.17) is 21.3 Å². The number of benzene rings is 1. The Morgan fingerprint density at radius 2 is 1.94 bits per heavy atom. The van der Waals surface area contributed by atoms with Crippen LogP contribution in [0.25, 0.3) is 5.70 Å². The third-order valence-electron chi connectivity index (χ3n) is 5.97. The Kier molecular flexibility index (Phi) is 9.43. The molecule has 1 aliphatic carbocycles. The predicted octanol–water partition coefficient (Wildman–Crippen LogP) is 4.07. The molecule has 3 rings (SSSR count). The zero-order valence-corrected chi connectivity index (χ0v) is 21.1. The highest BCUT2D eigenvalue weighted by Crippen LogP contribution is 2.29. The van der Waals surface area contributed by atoms with Crippen LogP contribution in [0.15, 0.2) is 48.2 Å². The Morgan fingerprint density at radius 3 is 2.61 bits per heavy atom. The SMILES string of the molecule is Cc1nc(/C(N)=C(\CNN(C)SCc2ccccc2)N(C)N)ccc1O[C@H]1CCCC(C)C1. The molecule has 8 heteroatoms. The number of ether oxygens (including phenoxy) is 1. The summed E-state index contributed by atoms with van der Waals surface area (Å²) < 4.78 is 8.24. The lowest BCUT2D eigenvalue weighted by Crippen LogP contribution is -2.38. The van der Waals surface area contributed by atoms with E-state index in [1.54, 1.807) is 24.0 Å². The van der Waals surface area contributed by atoms with Gasteiger partial charge in [-0.05, 0) is 49.8 Å². The van der Waals surface area contributed by atoms with Gasteiger partial charge < -0.3 is 15.5 Å². The van der Waals surface area contributed by atoms with Crippen LogP contribution in [-0.2, 0) is 5.75 Å². The summed E-state index contributed by atoms with van der Waals surface area (Å²) in [7, 11) is 3.77. The highest BCUT2D eigenvalue weighted by atomic mass is 32.2. The number of nitrogens with two attached hydrogens (primary N) is 2. The molecule has 0 bridgehead atoms. The zero-order valence-electron chi connectivity index (χ0n) is 20.3. The molecule has 1 fully saturated rings. The van der Waals surface area contributed by atoms with E-state index in [1.807, 2.05) is 36.6 Å². The molecule has 0 radical (unpaired) electrons. The van der Waals surface area contributed by atoms with Gasteiger partial charge in [-0.15, -0.1) is 0 Å². The number of aryl methyl sites for hydroxylation is 1. The topological polar surface area (TPSA) is 92.7 Å². The highest BCUT2D eigenvalue weighted by molar-refractivity contribution is 7.96. The first kappa shape index (κ1) is 25.4. The lowest BCUT2D eigenvalue weighted by atomic mass is 9.89. The van der Waals surface area contributed by atoms with Gasteiger partial charge in [-0.1, -0.05) is 55.6 Å². The second-order valence-electron chi connectivity index (χ2n) is 8.85. The Morgan fingerprint density at radius 1 is 1.18 bits per heavy atom. The van der Waals surface area contributed by atoms with Crippen LogP contribution in [-0.4, -0.2) is 41.2 Å². The molecule has 1 aromatic carbocycles. The van der Waals surface area contributed by atoms with Crippen molar-refractivity contribution in [3.63, 3.8) is 0 Å². The lowest BCUT2D eigenvalue weighted by molar-refractivity contribution is 0.128. The van der Waals surface area contributed by atoms with Crippen LogP contribution in [0.5, 0.6) is 5.75 Å². The fourth-order valence-corrected chi connectivity index (χ4v) is 4.71. The molecular weight excluding hydrogens is 432 g/mol. The number of nitrogens with zero attached hydrogens (tertiary/aromatic N) is 3. The number of nitrogens with one attached hydrogen (secondary N) is 1. The summed E-state index contributed by atoms with van der Waals surface area (Å²) in [5.41, 5.74) is 14.0. The predicted molar refractivity (Wildman–Crippen MR) is 138 cm³/mol. The van der Waals surface area contributed by atoms with Crippen molar-refractivity contribution in [2.75, 3.05) is 20.6 Å². The van der Waals surface area contributed by atoms with Gasteiger partial charge in [0.2, 0.25) is 0 Å². The average Bonchev–Trinajstić information content (AvgIpc) is 2.79. The Hall–Kier alpha value is -2.26. The smallest absolute Gasteiger partial charge is 0.140 e. The third kappa shape index (κ3) is 7.64. The quantitative estimate of drug-likeness (QED) is 0.272. The lowest BCUT2D eigenvalue weighted by Gasteiger charge is -2.28. The van der Waals surface area contributed by atoms with Crippen LogP contribution in [0, 0.1) is 12.8 Å². The minimum Gasteiger partial charge on any atom is -0.489 e. The monoisotopic (exact) mass is 470 g/mol. The zero-order chi connectivity index (χ0) is 23.8. The largest absolute Gasteiger partial charge is 0.489 e. The molecule has 1 saturated carbocycles. The number of likely N-dealkylation sites (N-methyl/N-ethyl adjacent to an activating group) is 1. The first-order valence-corrected chi connectivity index (χ1v) is 12.5. The molecule has 5 N–H and O–H groups in total. The van der Waals surface area contributed by atoms with Crippen LogP contribution in [0.3, 0.4) is 0 Å². The molecule has 0 saturated heterocycles. The Bertz CT molecular complexity index is 920. The standard InChI is InChI=1S/C25H38N6OS/c1-18-9-8-12-21(15-18)32-24-14-13-22(29-19(24)2)25(26)23(30(3)27)16-28-31(4)33-17-20-10-6-5-7-11-20/h5-7,10-11,13-14,18,21,28H,8-9,12,15-17,26-27H2,1-4H3/b25-23-/t18?,21-/m0/s1. The summed E-state index contributed by atoms with van der Waals surface area (Å²) >= 11 is 1.68. The minimum atomic E-state index is 0.270. The van der Waals surface area contributed by atoms with Crippen LogP contribution >= 0.6 is 11.9 Å². The molecule has 2 aromatic rings. The first-order valence-electron chi connectivity index (χ1n) is 11.6. The molecule has 180 valence electrons. The minimum absolute atomic E-state index is 0.270. The number of hydrazine groups is 2. The molecule has 0 spiro atoms. The molecule has 0 amide bonds. The highest BCUT2D eigenvalue weighted by Gasteiger charge is 2.21. The second kappa shape index (κ2) is 12.3. The van der Waals surface area contributed by atoms with Gasteiger partial charge in [0.1, 0.15) is 5.75 Å². The van der Waals surface area contributed by atoms with Gasteiger partial charge in [0.05, 0.1) is 35.4 Å². The Labute approximate surface area is 202 Å². The van der Waals surface area contributed by atoms with E-state index in [2.05, 4.69) is 36.6 Å². The first-order chi connectivity index (χ1) is 15.8. The Balaban J connectivity index is 1.62. The summed E-state index contributed by atoms with van der Waals surface area (Å²) in [6, 6.07) is 14.3. The third-order valence-corrected chi connectivity index (χ3v) is 6.95. The fraction of sp³-hybridized carbons (Fsp3) is 0.480. The van der Waals surface area contributed by atoms with Crippen LogP contribution in [0.2, 0.25) is 0 Å². The van der Waals surface area contributed by atoms with Crippen LogP contribution < -0.4 is 21.7 Å². The molecule has 1 heterocycles. The van der Waals surface area contributed by atoms with Crippen molar-refractivity contribution in [3.05, 3.63) is 65.1 Å². The van der Waals surface area contributed by atoms with Crippen molar-refractivity contribution in [1.29, 1.82) is 0 Å². The molecule has 1 aromatic heterocycles. The van der Waals surface area contributed by atoms with Gasteiger partial charge in [-0.3, -0.25) is 0 Å². The maximum atomic E-state index is 6.50. The summed E-state index contributed by atoms with van der Waals surface area (Å²) in [6.07, 6.45) is 5.00. The number of hydrogen-bond donors (Lipinski definition) is 3. The number of rotatable bonds is 10. The molecule has 7 nitrogen and oxygen atoms in total. The van der Waals surface area contributed by atoms with E-state index in [9.17, 15) is 0 Å². The van der Waals surface area contributed by atoms with Gasteiger partial charge in [-0.25, -0.2) is 16.3 Å². The molecule has 0 aliphatic heterocycles. The van der Waals surface area contributed by atoms with E-state index >= 15 is 0 Å². The van der Waals surface area contributed by atoms with E-state index < -0.39 is 0 Å². The van der Waals surface area contributed by atoms with Gasteiger partial charge in [0, 0.05) is 19.8 Å². The molecule has 33 heavy (non-hydrogen) atoms. The normalized spacial score (nSPS) is 19.3. The summed E-state index contributed by atoms with van der Waals surface area (Å²) in [4.78, 5) is 4.73. The molecular formula is C25H38N6OS. The van der Waals surface area contributed by atoms with E-state index in [-0.39, 0.29) is 6.10 Å². The van der Waals surface area contributed by atoms with Crippen molar-refractivity contribution in [2.24, 2.45) is 17.5 Å². The second-order valence-corrected chi connectivity index (χ2v) is 9.95. The summed E-state index contributed by atoms with van der Waals surface area (Å²) in [6.45, 7) is 4.75. The van der Waals surface area contributed by atoms with Crippen molar-refractivity contribution in [1.82, 2.24) is 19.8 Å². The van der Waals surface area contributed by atoms with Crippen molar-refractivity contribution in [3.8, 4) is 5.75 Å². The number of hydrogen-bond acceptors (Lipinski definition) is 8. The summed E-state index contributed by atoms with van der Waals surface area (Å²) in [5, 5.41) is 1.54. The van der Waals surface area contributed by atoms with Gasteiger partial charge in [-0.2, -0.15) is 4.41 Å². The van der Waals surface area contributed by atoms with Crippen molar-refractivity contribution >= 4 is 17.6 Å². The maximum Gasteiger partial charge on any atom is 0.140 e. The molecule has 1 aliphatic rings.